The maximum Gasteiger partial charge on any atom is 0.333 e. The van der Waals surface area contributed by atoms with Crippen molar-refractivity contribution in [3.8, 4) is 0 Å². The summed E-state index contributed by atoms with van der Waals surface area (Å²) in [5.41, 5.74) is 0. The Hall–Kier alpha value is -0.513. The van der Waals surface area contributed by atoms with Gasteiger partial charge in [0.05, 0.1) is 0 Å². The van der Waals surface area contributed by atoms with E-state index in [1.807, 2.05) is 0 Å². The smallest absolute Gasteiger partial charge is 0.333 e. The molecule has 0 radical (unpaired) electrons. The van der Waals surface area contributed by atoms with E-state index in [1.54, 1.807) is 0 Å². The Morgan fingerprint density at radius 3 is 1.36 bits per heavy atom. The molecule has 0 saturated carbocycles. The van der Waals surface area contributed by atoms with E-state index in [2.05, 4.69) is 45.7 Å². The van der Waals surface area contributed by atoms with Crippen molar-refractivity contribution in [2.75, 3.05) is 39.5 Å². The Morgan fingerprint density at radius 1 is 0.475 bits per heavy atom. The van der Waals surface area contributed by atoms with Gasteiger partial charge >= 0.3 is 14.5 Å². The van der Waals surface area contributed by atoms with Crippen LogP contribution in [0.4, 0.5) is 0 Å². The van der Waals surface area contributed by atoms with Gasteiger partial charge in [-0.15, -0.1) is 0 Å². The normalized spacial score (nSPS) is 12.6. The number of hydrogen-bond donors (Lipinski definition) is 1. The van der Waals surface area contributed by atoms with E-state index in [-0.39, 0.29) is 25.0 Å². The zero-order valence-electron chi connectivity index (χ0n) is 42.2. The van der Waals surface area contributed by atoms with Crippen molar-refractivity contribution in [1.29, 1.82) is 0 Å². The number of hydrogen-bond acceptors (Lipinski definition) is 7. The summed E-state index contributed by atoms with van der Waals surface area (Å²) >= 11 is 0. The number of esters is 1. The SMILES string of the molecule is CCCCCCCCOC(CCCCCCC)O[Si](C)(C)OCCCCCCN(CCCCO)CCCCCCCC(=O)OC(CCCCCCCC)CCCCCCCC. The fourth-order valence-electron chi connectivity index (χ4n) is 8.38. The van der Waals surface area contributed by atoms with E-state index in [4.69, 9.17) is 18.3 Å². The lowest BCUT2D eigenvalue weighted by atomic mass is 10.0. The summed E-state index contributed by atoms with van der Waals surface area (Å²) in [6.45, 7) is 18.7. The molecule has 8 heteroatoms. The van der Waals surface area contributed by atoms with E-state index in [9.17, 15) is 9.90 Å². The van der Waals surface area contributed by atoms with Crippen LogP contribution in [0, 0.1) is 0 Å². The van der Waals surface area contributed by atoms with Crippen LogP contribution in [0.25, 0.3) is 0 Å². The Bertz CT molecular complexity index is 862. The predicted molar refractivity (Wildman–Crippen MR) is 266 cm³/mol. The maximum absolute atomic E-state index is 12.8. The zero-order valence-corrected chi connectivity index (χ0v) is 43.2. The van der Waals surface area contributed by atoms with Crippen LogP contribution in [-0.4, -0.2) is 76.4 Å². The van der Waals surface area contributed by atoms with Gasteiger partial charge in [0.25, 0.3) is 0 Å². The lowest BCUT2D eigenvalue weighted by Gasteiger charge is -2.29. The molecule has 0 amide bonds. The summed E-state index contributed by atoms with van der Waals surface area (Å²) in [7, 11) is -2.27. The van der Waals surface area contributed by atoms with Gasteiger partial charge in [-0.05, 0) is 116 Å². The minimum atomic E-state index is -2.27. The first kappa shape index (κ1) is 60.5. The van der Waals surface area contributed by atoms with E-state index < -0.39 is 8.56 Å². The number of rotatable bonds is 51. The summed E-state index contributed by atoms with van der Waals surface area (Å²) in [4.78, 5) is 15.5. The van der Waals surface area contributed by atoms with Crippen molar-refractivity contribution in [2.24, 2.45) is 0 Å². The number of nitrogens with zero attached hydrogens (tertiary/aromatic N) is 1. The minimum absolute atomic E-state index is 0.0310. The molecule has 0 saturated heterocycles. The van der Waals surface area contributed by atoms with Crippen molar-refractivity contribution in [1.82, 2.24) is 4.90 Å². The Kier molecular flexibility index (Phi) is 47.1. The summed E-state index contributed by atoms with van der Waals surface area (Å²) in [6.07, 6.45) is 45.4. The minimum Gasteiger partial charge on any atom is -0.462 e. The van der Waals surface area contributed by atoms with Crippen LogP contribution in [0.2, 0.25) is 13.1 Å². The average Bonchev–Trinajstić information content (AvgIpc) is 3.24. The fourth-order valence-corrected chi connectivity index (χ4v) is 9.90. The highest BCUT2D eigenvalue weighted by Crippen LogP contribution is 2.20. The second-order valence-electron chi connectivity index (χ2n) is 19.1. The quantitative estimate of drug-likeness (QED) is 0.0282. The first-order valence-corrected chi connectivity index (χ1v) is 30.1. The van der Waals surface area contributed by atoms with E-state index in [0.29, 0.717) is 6.42 Å². The number of carbonyl (C=O) groups excluding carboxylic acids is 1. The number of aliphatic hydroxyl groups is 1. The van der Waals surface area contributed by atoms with Crippen molar-refractivity contribution >= 4 is 14.5 Å². The van der Waals surface area contributed by atoms with Crippen LogP contribution in [0.1, 0.15) is 272 Å². The third-order valence-corrected chi connectivity index (χ3v) is 14.1. The Morgan fingerprint density at radius 2 is 0.869 bits per heavy atom. The Labute approximate surface area is 383 Å². The van der Waals surface area contributed by atoms with E-state index >= 15 is 0 Å². The van der Waals surface area contributed by atoms with Gasteiger partial charge in [0.2, 0.25) is 0 Å². The van der Waals surface area contributed by atoms with Crippen LogP contribution >= 0.6 is 0 Å². The third-order valence-electron chi connectivity index (χ3n) is 12.4. The molecule has 0 spiro atoms. The van der Waals surface area contributed by atoms with E-state index in [0.717, 1.165) is 90.6 Å². The number of aliphatic hydroxyl groups excluding tert-OH is 1. The molecule has 0 fully saturated rings. The molecule has 0 aliphatic heterocycles. The van der Waals surface area contributed by atoms with Gasteiger partial charge in [-0.25, -0.2) is 0 Å². The largest absolute Gasteiger partial charge is 0.462 e. The first-order chi connectivity index (χ1) is 29.8. The molecular formula is C53H109NO6Si. The van der Waals surface area contributed by atoms with Crippen LogP contribution in [-0.2, 0) is 23.1 Å². The van der Waals surface area contributed by atoms with Gasteiger partial charge in [-0.1, -0.05) is 182 Å². The van der Waals surface area contributed by atoms with Crippen LogP contribution < -0.4 is 0 Å². The molecule has 0 aliphatic carbocycles. The molecular weight excluding hydrogens is 775 g/mol. The molecule has 0 aliphatic rings. The molecule has 1 atom stereocenters. The van der Waals surface area contributed by atoms with Gasteiger partial charge in [0, 0.05) is 26.2 Å². The molecule has 7 nitrogen and oxygen atoms in total. The van der Waals surface area contributed by atoms with Gasteiger partial charge in [-0.3, -0.25) is 4.79 Å². The average molecular weight is 885 g/mol. The van der Waals surface area contributed by atoms with Crippen molar-refractivity contribution < 1.29 is 28.2 Å². The second-order valence-corrected chi connectivity index (χ2v) is 22.4. The lowest BCUT2D eigenvalue weighted by molar-refractivity contribution is -0.150. The lowest BCUT2D eigenvalue weighted by Crippen LogP contribution is -2.40. The fraction of sp³-hybridized carbons (Fsp3) is 0.981. The standard InChI is InChI=1S/C53H109NO6Si/c1-7-11-15-19-24-31-41-51(42-32-25-20-16-12-8-2)59-52(56)43-33-26-22-27-35-45-54(47-37-38-48-55)46-36-28-30-40-50-58-61(5,6)60-53(44-34-23-18-14-10-4)57-49-39-29-21-17-13-9-3/h51,53,55H,7-50H2,1-6H3. The van der Waals surface area contributed by atoms with Gasteiger partial charge in [-0.2, -0.15) is 0 Å². The molecule has 0 heterocycles. The first-order valence-electron chi connectivity index (χ1n) is 27.3. The third kappa shape index (κ3) is 44.5. The zero-order chi connectivity index (χ0) is 44.8. The summed E-state index contributed by atoms with van der Waals surface area (Å²) in [6, 6.07) is 0. The summed E-state index contributed by atoms with van der Waals surface area (Å²) in [5, 5.41) is 9.39. The monoisotopic (exact) mass is 884 g/mol. The topological polar surface area (TPSA) is 77.5 Å². The molecule has 0 aromatic rings. The molecule has 0 bridgehead atoms. The number of carbonyl (C=O) groups is 1. The maximum atomic E-state index is 12.8. The van der Waals surface area contributed by atoms with Gasteiger partial charge < -0.3 is 28.3 Å². The molecule has 0 aromatic heterocycles. The van der Waals surface area contributed by atoms with Crippen molar-refractivity contribution in [3.05, 3.63) is 0 Å². The van der Waals surface area contributed by atoms with Crippen molar-refractivity contribution in [2.45, 2.75) is 297 Å². The van der Waals surface area contributed by atoms with Gasteiger partial charge in [0.1, 0.15) is 12.4 Å². The highest BCUT2D eigenvalue weighted by atomic mass is 28.4. The number of unbranched alkanes of at least 4 members (excludes halogenated alkanes) is 27. The second kappa shape index (κ2) is 47.4. The summed E-state index contributed by atoms with van der Waals surface area (Å²) < 4.78 is 25.4. The number of ether oxygens (including phenoxy) is 2. The molecule has 366 valence electrons. The van der Waals surface area contributed by atoms with Crippen LogP contribution in [0.3, 0.4) is 0 Å². The molecule has 1 N–H and O–H groups in total. The van der Waals surface area contributed by atoms with Crippen molar-refractivity contribution in [3.63, 3.8) is 0 Å². The highest BCUT2D eigenvalue weighted by Gasteiger charge is 2.29. The molecule has 61 heavy (non-hydrogen) atoms. The molecule has 1 unspecified atom stereocenters. The summed E-state index contributed by atoms with van der Waals surface area (Å²) in [5.74, 6) is 0.0310. The predicted octanol–water partition coefficient (Wildman–Crippen LogP) is 16.2. The molecule has 0 rings (SSSR count). The van der Waals surface area contributed by atoms with Gasteiger partial charge in [0.15, 0.2) is 0 Å². The Balaban J connectivity index is 4.44. The molecule has 0 aromatic carbocycles. The van der Waals surface area contributed by atoms with Crippen LogP contribution in [0.15, 0.2) is 0 Å². The van der Waals surface area contributed by atoms with E-state index in [1.165, 1.54) is 180 Å². The highest BCUT2D eigenvalue weighted by molar-refractivity contribution is 6.64. The van der Waals surface area contributed by atoms with Crippen LogP contribution in [0.5, 0.6) is 0 Å².